The van der Waals surface area contributed by atoms with Crippen molar-refractivity contribution >= 4 is 0 Å². The van der Waals surface area contributed by atoms with Crippen molar-refractivity contribution in [2.24, 2.45) is 5.41 Å². The Labute approximate surface area is 105 Å². The zero-order valence-electron chi connectivity index (χ0n) is 11.5. The summed E-state index contributed by atoms with van der Waals surface area (Å²) in [6.07, 6.45) is 0. The molecule has 0 fully saturated rings. The fourth-order valence-electron chi connectivity index (χ4n) is 1.55. The molecule has 1 rings (SSSR count). The monoisotopic (exact) mass is 235 g/mol. The highest BCUT2D eigenvalue weighted by atomic mass is 16.5. The van der Waals surface area contributed by atoms with E-state index in [1.165, 1.54) is 5.56 Å². The van der Waals surface area contributed by atoms with Gasteiger partial charge in [-0.1, -0.05) is 58.0 Å². The van der Waals surface area contributed by atoms with Crippen molar-refractivity contribution in [2.45, 2.75) is 40.3 Å². The van der Waals surface area contributed by atoms with Gasteiger partial charge < -0.3 is 10.1 Å². The average Bonchev–Trinajstić information content (AvgIpc) is 2.28. The first kappa shape index (κ1) is 14.2. The van der Waals surface area contributed by atoms with Crippen molar-refractivity contribution < 1.29 is 4.74 Å². The third-order valence-electron chi connectivity index (χ3n) is 2.59. The lowest BCUT2D eigenvalue weighted by atomic mass is 9.94. The highest BCUT2D eigenvalue weighted by molar-refractivity contribution is 5.13. The van der Waals surface area contributed by atoms with Crippen molar-refractivity contribution in [3.05, 3.63) is 35.9 Å². The number of benzene rings is 1. The van der Waals surface area contributed by atoms with E-state index >= 15 is 0 Å². The Morgan fingerprint density at radius 3 is 2.41 bits per heavy atom. The molecule has 0 heterocycles. The molecule has 0 saturated heterocycles. The minimum Gasteiger partial charge on any atom is -0.376 e. The lowest BCUT2D eigenvalue weighted by molar-refractivity contribution is 0.0504. The van der Waals surface area contributed by atoms with Crippen molar-refractivity contribution in [1.29, 1.82) is 0 Å². The van der Waals surface area contributed by atoms with Crippen LogP contribution < -0.4 is 5.32 Å². The third-order valence-corrected chi connectivity index (χ3v) is 2.59. The number of hydrogen-bond acceptors (Lipinski definition) is 2. The second kappa shape index (κ2) is 6.77. The van der Waals surface area contributed by atoms with Gasteiger partial charge in [0, 0.05) is 18.0 Å². The van der Waals surface area contributed by atoms with E-state index in [4.69, 9.17) is 4.74 Å². The quantitative estimate of drug-likeness (QED) is 0.783. The van der Waals surface area contributed by atoms with Crippen LogP contribution in [0.15, 0.2) is 30.3 Å². The molecule has 0 atom stereocenters. The van der Waals surface area contributed by atoms with E-state index in [9.17, 15) is 0 Å². The van der Waals surface area contributed by atoms with Gasteiger partial charge in [-0.2, -0.15) is 0 Å². The topological polar surface area (TPSA) is 21.3 Å². The number of nitrogens with one attached hydrogen (secondary N) is 1. The largest absolute Gasteiger partial charge is 0.376 e. The first-order valence-corrected chi connectivity index (χ1v) is 6.35. The molecule has 0 amide bonds. The molecule has 0 spiro atoms. The Hall–Kier alpha value is -0.860. The van der Waals surface area contributed by atoms with Gasteiger partial charge in [0.1, 0.15) is 0 Å². The minimum absolute atomic E-state index is 0.180. The summed E-state index contributed by atoms with van der Waals surface area (Å²) in [5.41, 5.74) is 1.42. The molecule has 96 valence electrons. The molecular formula is C15H25NO. The van der Waals surface area contributed by atoms with E-state index < -0.39 is 0 Å². The normalized spacial score (nSPS) is 12.1. The van der Waals surface area contributed by atoms with Gasteiger partial charge in [0.15, 0.2) is 0 Å². The van der Waals surface area contributed by atoms with Gasteiger partial charge >= 0.3 is 0 Å². The van der Waals surface area contributed by atoms with Gasteiger partial charge in [-0.3, -0.25) is 0 Å². The molecule has 0 bridgehead atoms. The highest BCUT2D eigenvalue weighted by Gasteiger charge is 2.18. The summed E-state index contributed by atoms with van der Waals surface area (Å²) >= 11 is 0. The van der Waals surface area contributed by atoms with Crippen molar-refractivity contribution in [2.75, 3.05) is 13.2 Å². The fourth-order valence-corrected chi connectivity index (χ4v) is 1.55. The Balaban J connectivity index is 2.25. The standard InChI is InChI=1S/C15H25NO/c1-13(2)16-11-15(3,4)12-17-10-14-8-6-5-7-9-14/h5-9,13,16H,10-12H2,1-4H3. The molecule has 2 nitrogen and oxygen atoms in total. The molecule has 0 unspecified atom stereocenters. The molecule has 1 aromatic rings. The molecule has 0 saturated carbocycles. The fraction of sp³-hybridized carbons (Fsp3) is 0.600. The molecular weight excluding hydrogens is 210 g/mol. The van der Waals surface area contributed by atoms with Gasteiger partial charge in [0.2, 0.25) is 0 Å². The lowest BCUT2D eigenvalue weighted by Gasteiger charge is -2.26. The van der Waals surface area contributed by atoms with E-state index in [0.717, 1.165) is 13.2 Å². The summed E-state index contributed by atoms with van der Waals surface area (Å²) in [4.78, 5) is 0. The first-order chi connectivity index (χ1) is 7.99. The van der Waals surface area contributed by atoms with Crippen LogP contribution in [-0.4, -0.2) is 19.2 Å². The first-order valence-electron chi connectivity index (χ1n) is 6.35. The van der Waals surface area contributed by atoms with Gasteiger partial charge in [-0.05, 0) is 5.56 Å². The molecule has 1 N–H and O–H groups in total. The van der Waals surface area contributed by atoms with Crippen molar-refractivity contribution in [3.8, 4) is 0 Å². The summed E-state index contributed by atoms with van der Waals surface area (Å²) in [7, 11) is 0. The highest BCUT2D eigenvalue weighted by Crippen LogP contribution is 2.15. The number of hydrogen-bond donors (Lipinski definition) is 1. The second-order valence-corrected chi connectivity index (χ2v) is 5.68. The third kappa shape index (κ3) is 6.44. The maximum atomic E-state index is 5.78. The van der Waals surface area contributed by atoms with Crippen molar-refractivity contribution in [3.63, 3.8) is 0 Å². The molecule has 0 radical (unpaired) electrons. The number of ether oxygens (including phenoxy) is 1. The van der Waals surface area contributed by atoms with Gasteiger partial charge in [-0.15, -0.1) is 0 Å². The molecule has 0 aliphatic heterocycles. The summed E-state index contributed by atoms with van der Waals surface area (Å²) in [5, 5.41) is 3.45. The van der Waals surface area contributed by atoms with Crippen LogP contribution in [0.1, 0.15) is 33.3 Å². The molecule has 1 aromatic carbocycles. The predicted molar refractivity (Wildman–Crippen MR) is 73.0 cm³/mol. The zero-order valence-corrected chi connectivity index (χ0v) is 11.5. The van der Waals surface area contributed by atoms with Crippen LogP contribution in [0.25, 0.3) is 0 Å². The van der Waals surface area contributed by atoms with Gasteiger partial charge in [0.05, 0.1) is 13.2 Å². The Kier molecular flexibility index (Phi) is 5.66. The maximum Gasteiger partial charge on any atom is 0.0717 e. The Bertz CT molecular complexity index is 306. The minimum atomic E-state index is 0.180. The number of rotatable bonds is 7. The smallest absolute Gasteiger partial charge is 0.0717 e. The van der Waals surface area contributed by atoms with E-state index in [2.05, 4.69) is 45.1 Å². The van der Waals surface area contributed by atoms with Crippen LogP contribution in [0, 0.1) is 5.41 Å². The second-order valence-electron chi connectivity index (χ2n) is 5.68. The average molecular weight is 235 g/mol. The van der Waals surface area contributed by atoms with Gasteiger partial charge in [0.25, 0.3) is 0 Å². The molecule has 0 aromatic heterocycles. The predicted octanol–water partition coefficient (Wildman–Crippen LogP) is 3.23. The van der Waals surface area contributed by atoms with Crippen LogP contribution in [-0.2, 0) is 11.3 Å². The lowest BCUT2D eigenvalue weighted by Crippen LogP contribution is -2.36. The van der Waals surface area contributed by atoms with E-state index in [0.29, 0.717) is 12.6 Å². The Morgan fingerprint density at radius 2 is 1.82 bits per heavy atom. The van der Waals surface area contributed by atoms with Crippen LogP contribution >= 0.6 is 0 Å². The summed E-state index contributed by atoms with van der Waals surface area (Å²) in [5.74, 6) is 0. The summed E-state index contributed by atoms with van der Waals surface area (Å²) < 4.78 is 5.78. The van der Waals surface area contributed by atoms with Crippen LogP contribution in [0.5, 0.6) is 0 Å². The molecule has 0 aliphatic carbocycles. The molecule has 0 aliphatic rings. The van der Waals surface area contributed by atoms with Crippen molar-refractivity contribution in [1.82, 2.24) is 5.32 Å². The van der Waals surface area contributed by atoms with E-state index in [1.807, 2.05) is 18.2 Å². The zero-order chi connectivity index (χ0) is 12.7. The molecule has 2 heteroatoms. The van der Waals surface area contributed by atoms with E-state index in [1.54, 1.807) is 0 Å². The van der Waals surface area contributed by atoms with Crippen LogP contribution in [0.4, 0.5) is 0 Å². The maximum absolute atomic E-state index is 5.78. The van der Waals surface area contributed by atoms with Crippen LogP contribution in [0.2, 0.25) is 0 Å². The van der Waals surface area contributed by atoms with E-state index in [-0.39, 0.29) is 5.41 Å². The molecule has 17 heavy (non-hydrogen) atoms. The van der Waals surface area contributed by atoms with Crippen LogP contribution in [0.3, 0.4) is 0 Å². The SMILES string of the molecule is CC(C)NCC(C)(C)COCc1ccccc1. The summed E-state index contributed by atoms with van der Waals surface area (Å²) in [6.45, 7) is 11.3. The summed E-state index contributed by atoms with van der Waals surface area (Å²) in [6, 6.07) is 10.8. The Morgan fingerprint density at radius 1 is 1.18 bits per heavy atom. The van der Waals surface area contributed by atoms with Gasteiger partial charge in [-0.25, -0.2) is 0 Å².